The summed E-state index contributed by atoms with van der Waals surface area (Å²) in [5.41, 5.74) is 10.7. The highest BCUT2D eigenvalue weighted by Gasteiger charge is 2.15. The maximum atomic E-state index is 9.97. The zero-order valence-corrected chi connectivity index (χ0v) is 14.0. The van der Waals surface area contributed by atoms with Crippen LogP contribution in [-0.4, -0.2) is 31.4 Å². The lowest BCUT2D eigenvalue weighted by Gasteiger charge is -2.30. The van der Waals surface area contributed by atoms with E-state index in [1.807, 2.05) is 18.2 Å². The average molecular weight is 327 g/mol. The van der Waals surface area contributed by atoms with E-state index in [9.17, 15) is 5.11 Å². The van der Waals surface area contributed by atoms with Gasteiger partial charge in [0.2, 0.25) is 0 Å². The lowest BCUT2D eigenvalue weighted by molar-refractivity contribution is 0.122. The summed E-state index contributed by atoms with van der Waals surface area (Å²) in [6.45, 7) is 5.81. The smallest absolute Gasteiger partial charge is 0.0782 e. The first-order chi connectivity index (χ1) is 11.6. The fourth-order valence-electron chi connectivity index (χ4n) is 3.05. The van der Waals surface area contributed by atoms with Crippen LogP contribution >= 0.6 is 0 Å². The van der Waals surface area contributed by atoms with Gasteiger partial charge in [-0.15, -0.1) is 0 Å². The van der Waals surface area contributed by atoms with Crippen LogP contribution in [0.2, 0.25) is 0 Å². The number of nitrogens with one attached hydrogen (secondary N) is 1. The molecule has 0 saturated carbocycles. The number of aliphatic hydroxyl groups excluding tert-OH is 1. The summed E-state index contributed by atoms with van der Waals surface area (Å²) in [6.07, 6.45) is -0.564. The molecule has 2 aromatic rings. The second kappa shape index (κ2) is 7.55. The Morgan fingerprint density at radius 3 is 2.71 bits per heavy atom. The Bertz CT molecular complexity index is 682. The maximum absolute atomic E-state index is 9.97. The normalized spacial score (nSPS) is 16.0. The van der Waals surface area contributed by atoms with Gasteiger partial charge in [-0.05, 0) is 36.8 Å². The Hall–Kier alpha value is -2.24. The van der Waals surface area contributed by atoms with Gasteiger partial charge in [-0.3, -0.25) is 0 Å². The second-order valence-corrected chi connectivity index (χ2v) is 6.10. The SMILES string of the molecule is CC(O)c1cc(N)ccc1NCc1ccccc1N1CCOCC1. The van der Waals surface area contributed by atoms with E-state index in [1.54, 1.807) is 6.92 Å². The highest BCUT2D eigenvalue weighted by atomic mass is 16.5. The summed E-state index contributed by atoms with van der Waals surface area (Å²) in [5.74, 6) is 0. The topological polar surface area (TPSA) is 70.8 Å². The van der Waals surface area contributed by atoms with E-state index < -0.39 is 6.10 Å². The number of nitrogens with two attached hydrogens (primary N) is 1. The van der Waals surface area contributed by atoms with E-state index in [4.69, 9.17) is 10.5 Å². The Morgan fingerprint density at radius 1 is 1.21 bits per heavy atom. The number of nitrogens with zero attached hydrogens (tertiary/aromatic N) is 1. The number of morpholine rings is 1. The third kappa shape index (κ3) is 3.80. The van der Waals surface area contributed by atoms with E-state index in [-0.39, 0.29) is 0 Å². The number of para-hydroxylation sites is 1. The minimum atomic E-state index is -0.564. The molecule has 5 nitrogen and oxygen atoms in total. The van der Waals surface area contributed by atoms with E-state index in [0.717, 1.165) is 37.6 Å². The van der Waals surface area contributed by atoms with Crippen LogP contribution in [0.1, 0.15) is 24.2 Å². The molecule has 128 valence electrons. The van der Waals surface area contributed by atoms with E-state index in [1.165, 1.54) is 11.3 Å². The summed E-state index contributed by atoms with van der Waals surface area (Å²) >= 11 is 0. The van der Waals surface area contributed by atoms with Crippen molar-refractivity contribution in [1.82, 2.24) is 0 Å². The molecule has 0 aliphatic carbocycles. The minimum absolute atomic E-state index is 0.564. The van der Waals surface area contributed by atoms with Crippen LogP contribution < -0.4 is 16.0 Å². The highest BCUT2D eigenvalue weighted by Crippen LogP contribution is 2.27. The van der Waals surface area contributed by atoms with Crippen molar-refractivity contribution < 1.29 is 9.84 Å². The molecule has 1 atom stereocenters. The van der Waals surface area contributed by atoms with Gasteiger partial charge >= 0.3 is 0 Å². The number of benzene rings is 2. The molecule has 1 heterocycles. The molecule has 0 radical (unpaired) electrons. The molecule has 1 saturated heterocycles. The highest BCUT2D eigenvalue weighted by molar-refractivity contribution is 5.61. The van der Waals surface area contributed by atoms with Crippen molar-refractivity contribution in [2.75, 3.05) is 42.3 Å². The van der Waals surface area contributed by atoms with Crippen LogP contribution in [0, 0.1) is 0 Å². The summed E-state index contributed by atoms with van der Waals surface area (Å²) in [6, 6.07) is 14.0. The van der Waals surface area contributed by atoms with Crippen LogP contribution in [0.15, 0.2) is 42.5 Å². The van der Waals surface area contributed by atoms with Crippen LogP contribution in [0.4, 0.5) is 17.1 Å². The molecule has 5 heteroatoms. The molecule has 0 aromatic heterocycles. The number of ether oxygens (including phenoxy) is 1. The third-order valence-corrected chi connectivity index (χ3v) is 4.34. The molecule has 2 aromatic carbocycles. The number of anilines is 3. The number of hydrogen-bond donors (Lipinski definition) is 3. The summed E-state index contributed by atoms with van der Waals surface area (Å²) in [4.78, 5) is 2.36. The van der Waals surface area contributed by atoms with Gasteiger partial charge in [0.25, 0.3) is 0 Å². The molecule has 1 aliphatic heterocycles. The molecule has 1 unspecified atom stereocenters. The van der Waals surface area contributed by atoms with E-state index in [0.29, 0.717) is 12.2 Å². The van der Waals surface area contributed by atoms with Crippen molar-refractivity contribution in [1.29, 1.82) is 0 Å². The third-order valence-electron chi connectivity index (χ3n) is 4.34. The lowest BCUT2D eigenvalue weighted by atomic mass is 10.1. The van der Waals surface area contributed by atoms with Gasteiger partial charge in [0.1, 0.15) is 0 Å². The molecule has 0 bridgehead atoms. The zero-order valence-electron chi connectivity index (χ0n) is 14.0. The number of hydrogen-bond acceptors (Lipinski definition) is 5. The fourth-order valence-corrected chi connectivity index (χ4v) is 3.05. The van der Waals surface area contributed by atoms with E-state index in [2.05, 4.69) is 34.5 Å². The molecular weight excluding hydrogens is 302 g/mol. The summed E-state index contributed by atoms with van der Waals surface area (Å²) in [5, 5.41) is 13.4. The summed E-state index contributed by atoms with van der Waals surface area (Å²) in [7, 11) is 0. The standard InChI is InChI=1S/C19H25N3O2/c1-14(23)17-12-16(20)6-7-18(17)21-13-15-4-2-3-5-19(15)22-8-10-24-11-9-22/h2-7,12,14,21,23H,8-11,13,20H2,1H3. The quantitative estimate of drug-likeness (QED) is 0.737. The van der Waals surface area contributed by atoms with Crippen molar-refractivity contribution in [3.05, 3.63) is 53.6 Å². The van der Waals surface area contributed by atoms with Gasteiger partial charge in [-0.1, -0.05) is 18.2 Å². The van der Waals surface area contributed by atoms with Crippen LogP contribution in [-0.2, 0) is 11.3 Å². The predicted octanol–water partition coefficient (Wildman–Crippen LogP) is 2.77. The van der Waals surface area contributed by atoms with Crippen molar-refractivity contribution in [2.45, 2.75) is 19.6 Å². The first-order valence-electron chi connectivity index (χ1n) is 8.37. The van der Waals surface area contributed by atoms with Gasteiger partial charge in [-0.25, -0.2) is 0 Å². The monoisotopic (exact) mass is 327 g/mol. The number of aliphatic hydroxyl groups is 1. The van der Waals surface area contributed by atoms with Gasteiger partial charge in [-0.2, -0.15) is 0 Å². The minimum Gasteiger partial charge on any atom is -0.399 e. The van der Waals surface area contributed by atoms with Crippen molar-refractivity contribution in [2.24, 2.45) is 0 Å². The fraction of sp³-hybridized carbons (Fsp3) is 0.368. The largest absolute Gasteiger partial charge is 0.399 e. The Morgan fingerprint density at radius 2 is 1.96 bits per heavy atom. The Balaban J connectivity index is 1.78. The molecule has 1 aliphatic rings. The molecule has 0 amide bonds. The molecule has 0 spiro atoms. The van der Waals surface area contributed by atoms with Crippen LogP contribution in [0.3, 0.4) is 0 Å². The molecule has 24 heavy (non-hydrogen) atoms. The number of nitrogen functional groups attached to an aromatic ring is 1. The zero-order chi connectivity index (χ0) is 16.9. The van der Waals surface area contributed by atoms with Crippen LogP contribution in [0.5, 0.6) is 0 Å². The molecule has 3 rings (SSSR count). The first kappa shape index (κ1) is 16.6. The first-order valence-corrected chi connectivity index (χ1v) is 8.37. The van der Waals surface area contributed by atoms with E-state index >= 15 is 0 Å². The Kier molecular flexibility index (Phi) is 5.23. The van der Waals surface area contributed by atoms with Crippen molar-refractivity contribution in [3.63, 3.8) is 0 Å². The average Bonchev–Trinajstić information content (AvgIpc) is 2.61. The molecular formula is C19H25N3O2. The maximum Gasteiger partial charge on any atom is 0.0782 e. The van der Waals surface area contributed by atoms with Crippen molar-refractivity contribution >= 4 is 17.1 Å². The van der Waals surface area contributed by atoms with Gasteiger partial charge in [0, 0.05) is 42.3 Å². The Labute approximate surface area is 143 Å². The molecule has 4 N–H and O–H groups in total. The predicted molar refractivity (Wildman–Crippen MR) is 98.3 cm³/mol. The van der Waals surface area contributed by atoms with Gasteiger partial charge in [0.05, 0.1) is 19.3 Å². The lowest BCUT2D eigenvalue weighted by Crippen LogP contribution is -2.36. The van der Waals surface area contributed by atoms with Crippen LogP contribution in [0.25, 0.3) is 0 Å². The van der Waals surface area contributed by atoms with Gasteiger partial charge < -0.3 is 25.8 Å². The van der Waals surface area contributed by atoms with Crippen molar-refractivity contribution in [3.8, 4) is 0 Å². The summed E-state index contributed by atoms with van der Waals surface area (Å²) < 4.78 is 5.45. The second-order valence-electron chi connectivity index (χ2n) is 6.10. The van der Waals surface area contributed by atoms with Gasteiger partial charge in [0.15, 0.2) is 0 Å². The number of rotatable bonds is 5. The molecule has 1 fully saturated rings.